The van der Waals surface area contributed by atoms with Gasteiger partial charge in [0.2, 0.25) is 0 Å². The minimum absolute atomic E-state index is 0.185. The molecule has 2 fully saturated rings. The Labute approximate surface area is 72.3 Å². The van der Waals surface area contributed by atoms with Crippen LogP contribution >= 0.6 is 0 Å². The number of hydrogen-bond donors (Lipinski definition) is 0. The van der Waals surface area contributed by atoms with Crippen LogP contribution in [0.3, 0.4) is 0 Å². The van der Waals surface area contributed by atoms with Crippen LogP contribution in [0, 0.1) is 5.41 Å². The van der Waals surface area contributed by atoms with Gasteiger partial charge in [-0.05, 0) is 19.3 Å². The average molecular weight is 166 g/mol. The molecule has 0 radical (unpaired) electrons. The van der Waals surface area contributed by atoms with Crippen LogP contribution in [0.5, 0.6) is 0 Å². The van der Waals surface area contributed by atoms with Crippen molar-refractivity contribution in [3.8, 4) is 0 Å². The largest absolute Gasteiger partial charge is 0.300 e. The maximum atomic E-state index is 11.6. The van der Waals surface area contributed by atoms with Crippen LogP contribution in [-0.4, -0.2) is 11.6 Å². The van der Waals surface area contributed by atoms with Crippen LogP contribution in [-0.2, 0) is 9.59 Å². The Hall–Kier alpha value is -0.660. The first-order valence-electron chi connectivity index (χ1n) is 4.78. The fraction of sp³-hybridized carbons (Fsp3) is 0.800. The molecule has 0 N–H and O–H groups in total. The maximum Gasteiger partial charge on any atom is 0.139 e. The fourth-order valence-electron chi connectivity index (χ4n) is 2.54. The van der Waals surface area contributed by atoms with Gasteiger partial charge in [0.05, 0.1) is 0 Å². The van der Waals surface area contributed by atoms with Crippen molar-refractivity contribution in [2.45, 2.75) is 44.9 Å². The standard InChI is InChI=1S/C10H14O2/c11-8-4-6-10(7-8)5-2-1-3-9(10)12/h1-7H2. The lowest BCUT2D eigenvalue weighted by molar-refractivity contribution is -0.132. The summed E-state index contributed by atoms with van der Waals surface area (Å²) in [7, 11) is 0. The molecule has 0 aromatic rings. The van der Waals surface area contributed by atoms with E-state index in [1.165, 1.54) is 0 Å². The summed E-state index contributed by atoms with van der Waals surface area (Å²) in [5.41, 5.74) is -0.185. The summed E-state index contributed by atoms with van der Waals surface area (Å²) in [4.78, 5) is 22.7. The van der Waals surface area contributed by atoms with Gasteiger partial charge in [0, 0.05) is 24.7 Å². The van der Waals surface area contributed by atoms with Crippen molar-refractivity contribution < 1.29 is 9.59 Å². The van der Waals surface area contributed by atoms with Gasteiger partial charge in [0.15, 0.2) is 0 Å². The molecule has 2 heteroatoms. The lowest BCUT2D eigenvalue weighted by Crippen LogP contribution is -2.31. The quantitative estimate of drug-likeness (QED) is 0.550. The van der Waals surface area contributed by atoms with Gasteiger partial charge in [0.1, 0.15) is 11.6 Å². The van der Waals surface area contributed by atoms with E-state index in [4.69, 9.17) is 0 Å². The van der Waals surface area contributed by atoms with E-state index in [0.717, 1.165) is 25.7 Å². The van der Waals surface area contributed by atoms with Gasteiger partial charge in [0.25, 0.3) is 0 Å². The zero-order valence-electron chi connectivity index (χ0n) is 7.27. The van der Waals surface area contributed by atoms with Crippen molar-refractivity contribution in [3.63, 3.8) is 0 Å². The predicted molar refractivity (Wildman–Crippen MR) is 44.8 cm³/mol. The molecule has 1 spiro atoms. The van der Waals surface area contributed by atoms with Crippen molar-refractivity contribution >= 4 is 11.6 Å². The minimum Gasteiger partial charge on any atom is -0.300 e. The first kappa shape index (κ1) is 7.96. The minimum atomic E-state index is -0.185. The molecule has 1 unspecified atom stereocenters. The van der Waals surface area contributed by atoms with Gasteiger partial charge in [-0.15, -0.1) is 0 Å². The molecule has 2 aliphatic carbocycles. The Morgan fingerprint density at radius 3 is 2.42 bits per heavy atom. The molecule has 2 nitrogen and oxygen atoms in total. The highest BCUT2D eigenvalue weighted by molar-refractivity contribution is 5.94. The normalized spacial score (nSPS) is 36.3. The molecule has 0 saturated heterocycles. The number of hydrogen-bond acceptors (Lipinski definition) is 2. The van der Waals surface area contributed by atoms with E-state index in [0.29, 0.717) is 30.8 Å². The van der Waals surface area contributed by atoms with Crippen LogP contribution in [0.4, 0.5) is 0 Å². The summed E-state index contributed by atoms with van der Waals surface area (Å²) in [5, 5.41) is 0. The molecular weight excluding hydrogens is 152 g/mol. The van der Waals surface area contributed by atoms with Crippen LogP contribution in [0.1, 0.15) is 44.9 Å². The summed E-state index contributed by atoms with van der Waals surface area (Å²) in [6.45, 7) is 0. The highest BCUT2D eigenvalue weighted by atomic mass is 16.1. The third-order valence-corrected chi connectivity index (χ3v) is 3.32. The lowest BCUT2D eigenvalue weighted by Gasteiger charge is -2.30. The molecular formula is C10H14O2. The first-order valence-corrected chi connectivity index (χ1v) is 4.78. The molecule has 66 valence electrons. The second kappa shape index (κ2) is 2.68. The smallest absolute Gasteiger partial charge is 0.139 e. The Morgan fingerprint density at radius 2 is 1.83 bits per heavy atom. The molecule has 2 rings (SSSR count). The Bertz CT molecular complexity index is 232. The first-order chi connectivity index (χ1) is 5.73. The van der Waals surface area contributed by atoms with Crippen LogP contribution in [0.25, 0.3) is 0 Å². The second-order valence-corrected chi connectivity index (χ2v) is 4.13. The maximum absolute atomic E-state index is 11.6. The second-order valence-electron chi connectivity index (χ2n) is 4.13. The Kier molecular flexibility index (Phi) is 1.78. The molecule has 0 bridgehead atoms. The van der Waals surface area contributed by atoms with Gasteiger partial charge in [-0.25, -0.2) is 0 Å². The van der Waals surface area contributed by atoms with E-state index in [1.807, 2.05) is 0 Å². The van der Waals surface area contributed by atoms with Crippen LogP contribution in [0.2, 0.25) is 0 Å². The number of rotatable bonds is 0. The number of ketones is 2. The number of carbonyl (C=O) groups excluding carboxylic acids is 2. The van der Waals surface area contributed by atoms with Crippen LogP contribution < -0.4 is 0 Å². The zero-order chi connectivity index (χ0) is 8.60. The third kappa shape index (κ3) is 1.10. The highest BCUT2D eigenvalue weighted by Crippen LogP contribution is 2.45. The summed E-state index contributed by atoms with van der Waals surface area (Å²) in [6, 6.07) is 0. The van der Waals surface area contributed by atoms with Crippen LogP contribution in [0.15, 0.2) is 0 Å². The Morgan fingerprint density at radius 1 is 1.00 bits per heavy atom. The lowest BCUT2D eigenvalue weighted by atomic mass is 9.72. The van der Waals surface area contributed by atoms with Crippen molar-refractivity contribution in [2.75, 3.05) is 0 Å². The molecule has 0 aromatic carbocycles. The van der Waals surface area contributed by atoms with Gasteiger partial charge in [-0.1, -0.05) is 6.42 Å². The number of Topliss-reactive ketones (excluding diaryl/α,β-unsaturated/α-hetero) is 2. The topological polar surface area (TPSA) is 34.1 Å². The van der Waals surface area contributed by atoms with Crippen molar-refractivity contribution in [1.82, 2.24) is 0 Å². The molecule has 0 aliphatic heterocycles. The molecule has 0 heterocycles. The van der Waals surface area contributed by atoms with E-state index in [9.17, 15) is 9.59 Å². The third-order valence-electron chi connectivity index (χ3n) is 3.32. The fourth-order valence-corrected chi connectivity index (χ4v) is 2.54. The summed E-state index contributed by atoms with van der Waals surface area (Å²) < 4.78 is 0. The van der Waals surface area contributed by atoms with E-state index >= 15 is 0 Å². The van der Waals surface area contributed by atoms with E-state index in [2.05, 4.69) is 0 Å². The Balaban J connectivity index is 2.18. The van der Waals surface area contributed by atoms with Crippen molar-refractivity contribution in [2.24, 2.45) is 5.41 Å². The van der Waals surface area contributed by atoms with Crippen molar-refractivity contribution in [3.05, 3.63) is 0 Å². The molecule has 2 saturated carbocycles. The van der Waals surface area contributed by atoms with Gasteiger partial charge < -0.3 is 0 Å². The summed E-state index contributed by atoms with van der Waals surface area (Å²) in [6.07, 6.45) is 5.89. The molecule has 0 amide bonds. The SMILES string of the molecule is O=C1CCC2(CCCCC2=O)C1. The summed E-state index contributed by atoms with van der Waals surface area (Å²) >= 11 is 0. The highest BCUT2D eigenvalue weighted by Gasteiger charge is 2.44. The molecule has 12 heavy (non-hydrogen) atoms. The van der Waals surface area contributed by atoms with Gasteiger partial charge in [-0.3, -0.25) is 9.59 Å². The van der Waals surface area contributed by atoms with E-state index in [1.54, 1.807) is 0 Å². The molecule has 2 aliphatic rings. The van der Waals surface area contributed by atoms with Gasteiger partial charge >= 0.3 is 0 Å². The molecule has 0 aromatic heterocycles. The van der Waals surface area contributed by atoms with Crippen molar-refractivity contribution in [1.29, 1.82) is 0 Å². The summed E-state index contributed by atoms with van der Waals surface area (Å²) in [5.74, 6) is 0.657. The zero-order valence-corrected chi connectivity index (χ0v) is 7.27. The average Bonchev–Trinajstić information content (AvgIpc) is 2.41. The monoisotopic (exact) mass is 166 g/mol. The number of carbonyl (C=O) groups is 2. The molecule has 1 atom stereocenters. The predicted octanol–water partition coefficient (Wildman–Crippen LogP) is 1.87. The van der Waals surface area contributed by atoms with Gasteiger partial charge in [-0.2, -0.15) is 0 Å². The van der Waals surface area contributed by atoms with E-state index in [-0.39, 0.29) is 5.41 Å². The van der Waals surface area contributed by atoms with E-state index < -0.39 is 0 Å².